The van der Waals surface area contributed by atoms with Gasteiger partial charge in [0.25, 0.3) is 5.91 Å². The largest absolute Gasteiger partial charge is 0.508 e. The number of carbonyl (C=O) groups excluding carboxylic acids is 1. The van der Waals surface area contributed by atoms with Crippen molar-refractivity contribution in [2.75, 3.05) is 0 Å². The van der Waals surface area contributed by atoms with Crippen LogP contribution in [0.15, 0.2) is 41.0 Å². The molecule has 1 aromatic carbocycles. The molecule has 4 heteroatoms. The molecule has 1 amide bonds. The maximum atomic E-state index is 12.0. The highest BCUT2D eigenvalue weighted by Crippen LogP contribution is 2.34. The van der Waals surface area contributed by atoms with Crippen molar-refractivity contribution in [3.05, 3.63) is 53.5 Å². The molecule has 2 N–H and O–H groups in total. The molecule has 1 aliphatic rings. The maximum Gasteiger partial charge on any atom is 0.287 e. The highest BCUT2D eigenvalue weighted by atomic mass is 16.3. The summed E-state index contributed by atoms with van der Waals surface area (Å²) in [5.41, 5.74) is 1.95. The zero-order chi connectivity index (χ0) is 13.2. The van der Waals surface area contributed by atoms with Crippen LogP contribution in [0.4, 0.5) is 0 Å². The Morgan fingerprint density at radius 2 is 2.21 bits per heavy atom. The normalized spacial score (nSPS) is 17.8. The predicted molar refractivity (Wildman–Crippen MR) is 70.0 cm³/mol. The van der Waals surface area contributed by atoms with E-state index in [1.807, 2.05) is 12.1 Å². The van der Waals surface area contributed by atoms with Gasteiger partial charge in [0.2, 0.25) is 0 Å². The number of carbonyl (C=O) groups is 1. The number of phenolic OH excluding ortho intramolecular Hbond substituents is 1. The fourth-order valence-corrected chi connectivity index (χ4v) is 2.62. The van der Waals surface area contributed by atoms with Crippen LogP contribution in [0.5, 0.6) is 5.75 Å². The van der Waals surface area contributed by atoms with E-state index in [0.717, 1.165) is 30.4 Å². The van der Waals surface area contributed by atoms with Gasteiger partial charge in [0.05, 0.1) is 12.3 Å². The monoisotopic (exact) mass is 257 g/mol. The van der Waals surface area contributed by atoms with E-state index in [2.05, 4.69) is 5.32 Å². The Balaban J connectivity index is 1.84. The van der Waals surface area contributed by atoms with Gasteiger partial charge in [0.15, 0.2) is 5.76 Å². The molecule has 0 aliphatic heterocycles. The zero-order valence-electron chi connectivity index (χ0n) is 10.4. The summed E-state index contributed by atoms with van der Waals surface area (Å²) in [6, 6.07) is 8.73. The molecule has 4 nitrogen and oxygen atoms in total. The number of phenols is 1. The van der Waals surface area contributed by atoms with Crippen molar-refractivity contribution < 1.29 is 14.3 Å². The average Bonchev–Trinajstić information content (AvgIpc) is 2.94. The van der Waals surface area contributed by atoms with Crippen LogP contribution in [-0.2, 0) is 6.42 Å². The maximum absolute atomic E-state index is 12.0. The Morgan fingerprint density at radius 1 is 1.32 bits per heavy atom. The summed E-state index contributed by atoms with van der Waals surface area (Å²) in [6.45, 7) is 0. The number of aromatic hydroxyl groups is 1. The lowest BCUT2D eigenvalue weighted by Gasteiger charge is -2.26. The quantitative estimate of drug-likeness (QED) is 0.869. The van der Waals surface area contributed by atoms with Crippen molar-refractivity contribution >= 4 is 5.91 Å². The number of amides is 1. The van der Waals surface area contributed by atoms with Crippen LogP contribution in [-0.4, -0.2) is 11.0 Å². The lowest BCUT2D eigenvalue weighted by molar-refractivity contribution is 0.0904. The minimum absolute atomic E-state index is 0.0616. The van der Waals surface area contributed by atoms with E-state index >= 15 is 0 Å². The number of benzene rings is 1. The van der Waals surface area contributed by atoms with Crippen molar-refractivity contribution in [3.63, 3.8) is 0 Å². The topological polar surface area (TPSA) is 62.5 Å². The van der Waals surface area contributed by atoms with Gasteiger partial charge >= 0.3 is 0 Å². The first-order chi connectivity index (χ1) is 9.25. The van der Waals surface area contributed by atoms with Gasteiger partial charge in [-0.15, -0.1) is 0 Å². The Labute approximate surface area is 111 Å². The molecule has 0 spiro atoms. The van der Waals surface area contributed by atoms with Gasteiger partial charge in [0.1, 0.15) is 5.75 Å². The van der Waals surface area contributed by atoms with Crippen LogP contribution in [0.25, 0.3) is 0 Å². The van der Waals surface area contributed by atoms with Gasteiger partial charge in [0, 0.05) is 0 Å². The zero-order valence-corrected chi connectivity index (χ0v) is 10.4. The molecule has 0 fully saturated rings. The minimum atomic E-state index is -0.216. The summed E-state index contributed by atoms with van der Waals surface area (Å²) in [5, 5.41) is 12.8. The minimum Gasteiger partial charge on any atom is -0.508 e. The lowest BCUT2D eigenvalue weighted by Crippen LogP contribution is -2.30. The van der Waals surface area contributed by atoms with Crippen molar-refractivity contribution in [1.29, 1.82) is 0 Å². The molecule has 2 aromatic rings. The van der Waals surface area contributed by atoms with Crippen molar-refractivity contribution in [2.45, 2.75) is 25.3 Å². The predicted octanol–water partition coefficient (Wildman–Crippen LogP) is 2.79. The summed E-state index contributed by atoms with van der Waals surface area (Å²) in [4.78, 5) is 12.0. The van der Waals surface area contributed by atoms with E-state index in [-0.39, 0.29) is 11.9 Å². The molecule has 0 saturated heterocycles. The Bertz CT molecular complexity index is 589. The van der Waals surface area contributed by atoms with Crippen LogP contribution in [0.1, 0.15) is 40.6 Å². The van der Waals surface area contributed by atoms with Gasteiger partial charge < -0.3 is 14.8 Å². The SMILES string of the molecule is O=C(N[C@@H]1CCCc2c(O)cccc21)c1ccco1. The third-order valence-electron chi connectivity index (χ3n) is 3.53. The van der Waals surface area contributed by atoms with E-state index in [1.165, 1.54) is 6.26 Å². The summed E-state index contributed by atoms with van der Waals surface area (Å²) in [6.07, 6.45) is 4.17. The van der Waals surface area contributed by atoms with Crippen LogP contribution in [0.3, 0.4) is 0 Å². The molecule has 3 rings (SSSR count). The van der Waals surface area contributed by atoms with Crippen molar-refractivity contribution in [2.24, 2.45) is 0 Å². The first kappa shape index (κ1) is 11.8. The number of rotatable bonds is 2. The Kier molecular flexibility index (Phi) is 2.99. The Morgan fingerprint density at radius 3 is 3.00 bits per heavy atom. The summed E-state index contributed by atoms with van der Waals surface area (Å²) >= 11 is 0. The molecule has 0 saturated carbocycles. The highest BCUT2D eigenvalue weighted by molar-refractivity contribution is 5.91. The van der Waals surface area contributed by atoms with E-state index in [0.29, 0.717) is 11.5 Å². The molecule has 1 heterocycles. The molecule has 1 aliphatic carbocycles. The van der Waals surface area contributed by atoms with E-state index < -0.39 is 0 Å². The second kappa shape index (κ2) is 4.80. The molecular weight excluding hydrogens is 242 g/mol. The first-order valence-corrected chi connectivity index (χ1v) is 6.41. The molecule has 0 unspecified atom stereocenters. The van der Waals surface area contributed by atoms with Gasteiger partial charge in [-0.05, 0) is 48.6 Å². The standard InChI is InChI=1S/C15H15NO3/c17-13-7-2-4-10-11(13)5-1-6-12(10)16-15(18)14-8-3-9-19-14/h2-4,7-9,12,17H,1,5-6H2,(H,16,18)/t12-/m1/s1. The lowest BCUT2D eigenvalue weighted by atomic mass is 9.87. The van der Waals surface area contributed by atoms with Crippen LogP contribution in [0, 0.1) is 0 Å². The molecule has 98 valence electrons. The van der Waals surface area contributed by atoms with Gasteiger partial charge in [-0.2, -0.15) is 0 Å². The van der Waals surface area contributed by atoms with Gasteiger partial charge in [-0.3, -0.25) is 4.79 Å². The molecule has 19 heavy (non-hydrogen) atoms. The van der Waals surface area contributed by atoms with Gasteiger partial charge in [-0.1, -0.05) is 12.1 Å². The van der Waals surface area contributed by atoms with Crippen molar-refractivity contribution in [1.82, 2.24) is 5.32 Å². The third-order valence-corrected chi connectivity index (χ3v) is 3.53. The number of fused-ring (bicyclic) bond motifs is 1. The fourth-order valence-electron chi connectivity index (χ4n) is 2.62. The van der Waals surface area contributed by atoms with Crippen LogP contribution < -0.4 is 5.32 Å². The highest BCUT2D eigenvalue weighted by Gasteiger charge is 2.24. The van der Waals surface area contributed by atoms with Crippen LogP contribution in [0.2, 0.25) is 0 Å². The molecule has 1 aromatic heterocycles. The second-order valence-electron chi connectivity index (χ2n) is 4.74. The molecule has 0 radical (unpaired) electrons. The van der Waals surface area contributed by atoms with E-state index in [9.17, 15) is 9.90 Å². The summed E-state index contributed by atoms with van der Waals surface area (Å²) in [5.74, 6) is 0.410. The number of hydrogen-bond acceptors (Lipinski definition) is 3. The molecular formula is C15H15NO3. The average molecular weight is 257 g/mol. The number of hydrogen-bond donors (Lipinski definition) is 2. The first-order valence-electron chi connectivity index (χ1n) is 6.41. The molecule has 0 bridgehead atoms. The smallest absolute Gasteiger partial charge is 0.287 e. The summed E-state index contributed by atoms with van der Waals surface area (Å²) < 4.78 is 5.09. The Hall–Kier alpha value is -2.23. The third kappa shape index (κ3) is 2.21. The summed E-state index contributed by atoms with van der Waals surface area (Å²) in [7, 11) is 0. The fraction of sp³-hybridized carbons (Fsp3) is 0.267. The van der Waals surface area contributed by atoms with Crippen LogP contribution >= 0.6 is 0 Å². The van der Waals surface area contributed by atoms with Crippen molar-refractivity contribution in [3.8, 4) is 5.75 Å². The molecule has 1 atom stereocenters. The van der Waals surface area contributed by atoms with E-state index in [1.54, 1.807) is 18.2 Å². The number of furan rings is 1. The number of nitrogens with one attached hydrogen (secondary N) is 1. The van der Waals surface area contributed by atoms with E-state index in [4.69, 9.17) is 4.42 Å². The van der Waals surface area contributed by atoms with Gasteiger partial charge in [-0.25, -0.2) is 0 Å². The second-order valence-corrected chi connectivity index (χ2v) is 4.74.